The summed E-state index contributed by atoms with van der Waals surface area (Å²) in [6.07, 6.45) is 1.54. The van der Waals surface area contributed by atoms with Crippen LogP contribution in [0.1, 0.15) is 20.8 Å². The van der Waals surface area contributed by atoms with Crippen molar-refractivity contribution in [2.75, 3.05) is 0 Å². The molecule has 1 aromatic heterocycles. The molecular formula is C14H11N2O3S-. The second-order valence-corrected chi connectivity index (χ2v) is 4.96. The third-order valence-electron chi connectivity index (χ3n) is 2.49. The number of hydrazone groups is 1. The van der Waals surface area contributed by atoms with Gasteiger partial charge in [-0.1, -0.05) is 30.3 Å². The van der Waals surface area contributed by atoms with Crippen molar-refractivity contribution in [3.05, 3.63) is 57.8 Å². The van der Waals surface area contributed by atoms with Crippen LogP contribution in [0.15, 0.2) is 46.9 Å². The Morgan fingerprint density at radius 1 is 1.25 bits per heavy atom. The highest BCUT2D eigenvalue weighted by Crippen LogP contribution is 2.08. The van der Waals surface area contributed by atoms with Crippen LogP contribution in [-0.4, -0.2) is 18.1 Å². The minimum atomic E-state index is -1.28. The molecule has 0 radical (unpaired) electrons. The van der Waals surface area contributed by atoms with E-state index in [-0.39, 0.29) is 17.9 Å². The Hall–Kier alpha value is -2.47. The van der Waals surface area contributed by atoms with Crippen LogP contribution >= 0.6 is 11.3 Å². The molecule has 102 valence electrons. The molecule has 0 aliphatic rings. The number of thiophene rings is 1. The lowest BCUT2D eigenvalue weighted by Crippen LogP contribution is -2.24. The third-order valence-corrected chi connectivity index (χ3v) is 3.36. The highest BCUT2D eigenvalue weighted by molar-refractivity contribution is 7.10. The number of rotatable bonds is 5. The summed E-state index contributed by atoms with van der Waals surface area (Å²) < 4.78 is 0. The van der Waals surface area contributed by atoms with Gasteiger partial charge in [0.25, 0.3) is 0 Å². The van der Waals surface area contributed by atoms with Crippen molar-refractivity contribution in [1.29, 1.82) is 0 Å². The van der Waals surface area contributed by atoms with Gasteiger partial charge >= 0.3 is 0 Å². The normalized spacial score (nSPS) is 10.6. The molecule has 0 aliphatic carbocycles. The van der Waals surface area contributed by atoms with Crippen LogP contribution in [0.5, 0.6) is 0 Å². The second kappa shape index (κ2) is 6.63. The molecule has 0 saturated carbocycles. The van der Waals surface area contributed by atoms with E-state index in [0.29, 0.717) is 5.56 Å². The van der Waals surface area contributed by atoms with Gasteiger partial charge in [-0.3, -0.25) is 4.79 Å². The molecule has 2 aromatic rings. The first-order valence-corrected chi connectivity index (χ1v) is 6.69. The molecule has 0 unspecified atom stereocenters. The van der Waals surface area contributed by atoms with E-state index in [1.54, 1.807) is 18.2 Å². The van der Waals surface area contributed by atoms with Gasteiger partial charge in [0, 0.05) is 16.0 Å². The summed E-state index contributed by atoms with van der Waals surface area (Å²) in [5.41, 5.74) is 2.77. The van der Waals surface area contributed by atoms with E-state index >= 15 is 0 Å². The maximum atomic E-state index is 11.6. The number of benzene rings is 1. The summed E-state index contributed by atoms with van der Waals surface area (Å²) in [7, 11) is 0. The van der Waals surface area contributed by atoms with Crippen molar-refractivity contribution in [3.8, 4) is 0 Å². The van der Waals surface area contributed by atoms with Gasteiger partial charge in [-0.2, -0.15) is 5.10 Å². The molecule has 0 saturated heterocycles. The summed E-state index contributed by atoms with van der Waals surface area (Å²) in [4.78, 5) is 23.4. The number of nitrogens with zero attached hydrogens (tertiary/aromatic N) is 1. The van der Waals surface area contributed by atoms with Crippen LogP contribution in [0.25, 0.3) is 0 Å². The first-order chi connectivity index (χ1) is 9.66. The third kappa shape index (κ3) is 3.76. The van der Waals surface area contributed by atoms with Gasteiger partial charge in [0.15, 0.2) is 0 Å². The van der Waals surface area contributed by atoms with Crippen LogP contribution in [0.2, 0.25) is 0 Å². The minimum absolute atomic E-state index is 0.0313. The fourth-order valence-corrected chi connectivity index (χ4v) is 2.28. The molecule has 0 fully saturated rings. The zero-order chi connectivity index (χ0) is 14.4. The average molecular weight is 287 g/mol. The molecule has 5 nitrogen and oxygen atoms in total. The quantitative estimate of drug-likeness (QED) is 0.652. The van der Waals surface area contributed by atoms with E-state index in [0.717, 1.165) is 4.88 Å². The van der Waals surface area contributed by atoms with Crippen molar-refractivity contribution >= 4 is 29.4 Å². The second-order valence-electron chi connectivity index (χ2n) is 3.92. The van der Waals surface area contributed by atoms with E-state index in [2.05, 4.69) is 10.5 Å². The van der Waals surface area contributed by atoms with Gasteiger partial charge in [0.1, 0.15) is 0 Å². The predicted octanol–water partition coefficient (Wildman–Crippen LogP) is 0.804. The lowest BCUT2D eigenvalue weighted by molar-refractivity contribution is -0.255. The molecule has 0 aliphatic heterocycles. The van der Waals surface area contributed by atoms with Gasteiger partial charge in [-0.05, 0) is 11.4 Å². The summed E-state index contributed by atoms with van der Waals surface area (Å²) in [6, 6.07) is 10.0. The lowest BCUT2D eigenvalue weighted by Gasteiger charge is -2.05. The Labute approximate surface area is 119 Å². The van der Waals surface area contributed by atoms with Crippen molar-refractivity contribution in [2.24, 2.45) is 5.10 Å². The predicted molar refractivity (Wildman–Crippen MR) is 74.5 cm³/mol. The molecule has 1 heterocycles. The van der Waals surface area contributed by atoms with Crippen molar-refractivity contribution < 1.29 is 14.7 Å². The summed E-state index contributed by atoms with van der Waals surface area (Å²) >= 11 is 1.49. The molecule has 1 aromatic carbocycles. The fourth-order valence-electron chi connectivity index (χ4n) is 1.58. The Bertz CT molecular complexity index is 636. The zero-order valence-corrected chi connectivity index (χ0v) is 11.2. The first-order valence-electron chi connectivity index (χ1n) is 5.81. The topological polar surface area (TPSA) is 81.6 Å². The molecule has 0 spiro atoms. The minimum Gasteiger partial charge on any atom is -0.545 e. The smallest absolute Gasteiger partial charge is 0.245 e. The highest BCUT2D eigenvalue weighted by Gasteiger charge is 2.03. The van der Waals surface area contributed by atoms with Crippen LogP contribution in [-0.2, 0) is 11.2 Å². The highest BCUT2D eigenvalue weighted by atomic mass is 32.1. The Morgan fingerprint density at radius 2 is 2.05 bits per heavy atom. The fraction of sp³-hybridized carbons (Fsp3) is 0.0714. The summed E-state index contributed by atoms with van der Waals surface area (Å²) in [6.45, 7) is 0. The van der Waals surface area contributed by atoms with Gasteiger partial charge in [-0.15, -0.1) is 11.3 Å². The van der Waals surface area contributed by atoms with E-state index < -0.39 is 5.97 Å². The van der Waals surface area contributed by atoms with Crippen molar-refractivity contribution in [3.63, 3.8) is 0 Å². The van der Waals surface area contributed by atoms with Crippen LogP contribution in [0, 0.1) is 0 Å². The number of carboxylic acids is 1. The summed E-state index contributed by atoms with van der Waals surface area (Å²) in [5.74, 6) is -1.54. The van der Waals surface area contributed by atoms with Gasteiger partial charge in [0.2, 0.25) is 5.91 Å². The number of carboxylic acid groups (broad SMARTS) is 1. The van der Waals surface area contributed by atoms with Gasteiger partial charge in [0.05, 0.1) is 18.6 Å². The zero-order valence-electron chi connectivity index (χ0n) is 10.4. The maximum absolute atomic E-state index is 11.6. The molecule has 20 heavy (non-hydrogen) atoms. The Kier molecular flexibility index (Phi) is 4.62. The number of hydrogen-bond acceptors (Lipinski definition) is 5. The maximum Gasteiger partial charge on any atom is 0.245 e. The number of aromatic carboxylic acids is 1. The van der Waals surface area contributed by atoms with E-state index in [4.69, 9.17) is 0 Å². The standard InChI is InChI=1S/C14H12N2O3S/c17-13(8-11-5-3-7-20-11)16-15-9-10-4-1-2-6-12(10)14(18)19/h1-7,9H,8H2,(H,16,17)(H,18,19)/p-1. The van der Waals surface area contributed by atoms with Crippen molar-refractivity contribution in [2.45, 2.75) is 6.42 Å². The molecule has 2 rings (SSSR count). The number of amides is 1. The van der Waals surface area contributed by atoms with E-state index in [9.17, 15) is 14.7 Å². The molecule has 1 amide bonds. The number of hydrogen-bond donors (Lipinski definition) is 1. The van der Waals surface area contributed by atoms with Gasteiger partial charge < -0.3 is 9.90 Å². The number of carbonyl (C=O) groups is 2. The molecule has 1 N–H and O–H groups in total. The Balaban J connectivity index is 1.96. The van der Waals surface area contributed by atoms with Gasteiger partial charge in [-0.25, -0.2) is 5.43 Å². The molecule has 0 bridgehead atoms. The molecular weight excluding hydrogens is 276 g/mol. The van der Waals surface area contributed by atoms with E-state index in [1.807, 2.05) is 17.5 Å². The summed E-state index contributed by atoms with van der Waals surface area (Å²) in [5, 5.41) is 16.5. The largest absolute Gasteiger partial charge is 0.545 e. The van der Waals surface area contributed by atoms with Crippen molar-refractivity contribution in [1.82, 2.24) is 5.43 Å². The SMILES string of the molecule is O=C(Cc1cccs1)NN=Cc1ccccc1C(=O)[O-]. The van der Waals surface area contributed by atoms with Crippen LogP contribution in [0.4, 0.5) is 0 Å². The monoisotopic (exact) mass is 287 g/mol. The van der Waals surface area contributed by atoms with Crippen LogP contribution in [0.3, 0.4) is 0 Å². The average Bonchev–Trinajstić information content (AvgIpc) is 2.92. The molecule has 0 atom stereocenters. The number of carbonyl (C=O) groups excluding carboxylic acids is 2. The Morgan fingerprint density at radius 3 is 2.75 bits per heavy atom. The molecule has 6 heteroatoms. The van der Waals surface area contributed by atoms with Crippen LogP contribution < -0.4 is 10.5 Å². The first kappa shape index (κ1) is 14.0. The lowest BCUT2D eigenvalue weighted by atomic mass is 10.1. The van der Waals surface area contributed by atoms with E-state index in [1.165, 1.54) is 23.6 Å². The number of nitrogens with one attached hydrogen (secondary N) is 1.